The molecule has 1 aliphatic carbocycles. The number of H-pyrrole nitrogens is 2. The van der Waals surface area contributed by atoms with Gasteiger partial charge < -0.3 is 10.3 Å². The molecule has 1 aliphatic rings. The monoisotopic (exact) mass is 322 g/mol. The van der Waals surface area contributed by atoms with Gasteiger partial charge in [-0.1, -0.05) is 31.4 Å². The minimum atomic E-state index is -0.0124. The molecule has 2 aromatic heterocycles. The number of rotatable bonds is 4. The minimum absolute atomic E-state index is 0.0124. The first kappa shape index (κ1) is 15.0. The molecule has 4 rings (SSSR count). The SMILES string of the molecule is O=C(NCC1CCCCC1)c1cc2ccc(-c3cn[nH]c3)cc2[nH]1. The first-order chi connectivity index (χ1) is 11.8. The molecule has 124 valence electrons. The molecule has 5 nitrogen and oxygen atoms in total. The van der Waals surface area contributed by atoms with E-state index in [0.29, 0.717) is 11.6 Å². The maximum Gasteiger partial charge on any atom is 0.267 e. The van der Waals surface area contributed by atoms with E-state index in [1.54, 1.807) is 6.20 Å². The summed E-state index contributed by atoms with van der Waals surface area (Å²) in [5.41, 5.74) is 3.71. The van der Waals surface area contributed by atoms with Gasteiger partial charge in [-0.2, -0.15) is 5.10 Å². The van der Waals surface area contributed by atoms with Gasteiger partial charge in [0.1, 0.15) is 5.69 Å². The molecule has 0 radical (unpaired) electrons. The summed E-state index contributed by atoms with van der Waals surface area (Å²) < 4.78 is 0. The van der Waals surface area contributed by atoms with E-state index >= 15 is 0 Å². The maximum atomic E-state index is 12.4. The molecule has 2 heterocycles. The maximum absolute atomic E-state index is 12.4. The molecule has 3 aromatic rings. The van der Waals surface area contributed by atoms with E-state index in [0.717, 1.165) is 28.6 Å². The molecule has 5 heteroatoms. The smallest absolute Gasteiger partial charge is 0.267 e. The lowest BCUT2D eigenvalue weighted by Crippen LogP contribution is -2.30. The summed E-state index contributed by atoms with van der Waals surface area (Å²) in [5, 5.41) is 10.9. The van der Waals surface area contributed by atoms with Crippen LogP contribution in [0.3, 0.4) is 0 Å². The zero-order valence-electron chi connectivity index (χ0n) is 13.6. The van der Waals surface area contributed by atoms with Crippen LogP contribution in [0.15, 0.2) is 36.7 Å². The predicted octanol–water partition coefficient (Wildman–Crippen LogP) is 3.87. The second kappa shape index (κ2) is 6.51. The van der Waals surface area contributed by atoms with E-state index in [4.69, 9.17) is 0 Å². The van der Waals surface area contributed by atoms with Crippen LogP contribution < -0.4 is 5.32 Å². The summed E-state index contributed by atoms with van der Waals surface area (Å²) in [6, 6.07) is 8.06. The first-order valence-electron chi connectivity index (χ1n) is 8.70. The van der Waals surface area contributed by atoms with Crippen LogP contribution in [-0.2, 0) is 0 Å². The van der Waals surface area contributed by atoms with Gasteiger partial charge in [0.25, 0.3) is 5.91 Å². The molecule has 1 amide bonds. The van der Waals surface area contributed by atoms with Crippen LogP contribution >= 0.6 is 0 Å². The number of hydrogen-bond acceptors (Lipinski definition) is 2. The first-order valence-corrected chi connectivity index (χ1v) is 8.70. The molecule has 0 saturated heterocycles. The van der Waals surface area contributed by atoms with Gasteiger partial charge in [0.15, 0.2) is 0 Å². The number of carbonyl (C=O) groups excluding carboxylic acids is 1. The van der Waals surface area contributed by atoms with Crippen molar-refractivity contribution >= 4 is 16.8 Å². The van der Waals surface area contributed by atoms with Crippen LogP contribution in [0.4, 0.5) is 0 Å². The predicted molar refractivity (Wildman–Crippen MR) is 94.8 cm³/mol. The number of benzene rings is 1. The lowest BCUT2D eigenvalue weighted by molar-refractivity contribution is 0.0939. The molecule has 24 heavy (non-hydrogen) atoms. The third-order valence-corrected chi connectivity index (χ3v) is 4.97. The number of hydrogen-bond donors (Lipinski definition) is 3. The van der Waals surface area contributed by atoms with E-state index in [-0.39, 0.29) is 5.91 Å². The number of nitrogens with one attached hydrogen (secondary N) is 3. The van der Waals surface area contributed by atoms with Crippen molar-refractivity contribution in [3.8, 4) is 11.1 Å². The molecular weight excluding hydrogens is 300 g/mol. The third-order valence-electron chi connectivity index (χ3n) is 4.97. The number of fused-ring (bicyclic) bond motifs is 1. The number of aromatic nitrogens is 3. The van der Waals surface area contributed by atoms with Gasteiger partial charge in [-0.3, -0.25) is 9.89 Å². The molecular formula is C19H22N4O. The fraction of sp³-hybridized carbons (Fsp3) is 0.368. The largest absolute Gasteiger partial charge is 0.351 e. The topological polar surface area (TPSA) is 73.6 Å². The van der Waals surface area contributed by atoms with Gasteiger partial charge >= 0.3 is 0 Å². The summed E-state index contributed by atoms with van der Waals surface area (Å²) >= 11 is 0. The van der Waals surface area contributed by atoms with Gasteiger partial charge in [-0.25, -0.2) is 0 Å². The number of amides is 1. The lowest BCUT2D eigenvalue weighted by Gasteiger charge is -2.21. The Morgan fingerprint density at radius 2 is 2.04 bits per heavy atom. The zero-order chi connectivity index (χ0) is 16.4. The molecule has 0 bridgehead atoms. The van der Waals surface area contributed by atoms with Crippen molar-refractivity contribution < 1.29 is 4.79 Å². The quantitative estimate of drug-likeness (QED) is 0.682. The van der Waals surface area contributed by atoms with Crippen LogP contribution in [0.1, 0.15) is 42.6 Å². The van der Waals surface area contributed by atoms with Crippen molar-refractivity contribution in [1.29, 1.82) is 0 Å². The van der Waals surface area contributed by atoms with E-state index < -0.39 is 0 Å². The second-order valence-electron chi connectivity index (χ2n) is 6.69. The van der Waals surface area contributed by atoms with Crippen molar-refractivity contribution in [3.63, 3.8) is 0 Å². The highest BCUT2D eigenvalue weighted by molar-refractivity contribution is 5.98. The van der Waals surface area contributed by atoms with Gasteiger partial charge in [0, 0.05) is 29.2 Å². The standard InChI is InChI=1S/C19H22N4O/c24-19(20-10-13-4-2-1-3-5-13)18-9-15-7-6-14(8-17(15)23-18)16-11-21-22-12-16/h6-9,11-13,23H,1-5,10H2,(H,20,24)(H,21,22). The van der Waals surface area contributed by atoms with E-state index in [1.807, 2.05) is 24.4 Å². The lowest BCUT2D eigenvalue weighted by atomic mass is 9.89. The normalized spacial score (nSPS) is 15.7. The Morgan fingerprint density at radius 1 is 1.17 bits per heavy atom. The molecule has 1 saturated carbocycles. The second-order valence-corrected chi connectivity index (χ2v) is 6.69. The molecule has 0 spiro atoms. The average molecular weight is 322 g/mol. The van der Waals surface area contributed by atoms with Crippen molar-refractivity contribution in [2.24, 2.45) is 5.92 Å². The molecule has 0 unspecified atom stereocenters. The van der Waals surface area contributed by atoms with Gasteiger partial charge in [-0.15, -0.1) is 0 Å². The Hall–Kier alpha value is -2.56. The Bertz CT molecular complexity index is 828. The van der Waals surface area contributed by atoms with Gasteiger partial charge in [0.05, 0.1) is 6.20 Å². The highest BCUT2D eigenvalue weighted by atomic mass is 16.1. The Kier molecular flexibility index (Phi) is 4.07. The molecule has 1 aromatic carbocycles. The van der Waals surface area contributed by atoms with Crippen LogP contribution in [0.5, 0.6) is 0 Å². The number of aromatic amines is 2. The van der Waals surface area contributed by atoms with E-state index in [1.165, 1.54) is 32.1 Å². The van der Waals surface area contributed by atoms with Gasteiger partial charge in [-0.05, 0) is 36.5 Å². The fourth-order valence-corrected chi connectivity index (χ4v) is 3.56. The Morgan fingerprint density at radius 3 is 2.83 bits per heavy atom. The van der Waals surface area contributed by atoms with E-state index in [2.05, 4.69) is 26.6 Å². The van der Waals surface area contributed by atoms with Crippen LogP contribution in [0.2, 0.25) is 0 Å². The fourth-order valence-electron chi connectivity index (χ4n) is 3.56. The Labute approximate surface area is 140 Å². The summed E-state index contributed by atoms with van der Waals surface area (Å²) in [5.74, 6) is 0.626. The third kappa shape index (κ3) is 3.07. The summed E-state index contributed by atoms with van der Waals surface area (Å²) in [4.78, 5) is 15.7. The summed E-state index contributed by atoms with van der Waals surface area (Å²) in [7, 11) is 0. The van der Waals surface area contributed by atoms with Crippen LogP contribution in [0.25, 0.3) is 22.0 Å². The summed E-state index contributed by atoms with van der Waals surface area (Å²) in [6.07, 6.45) is 10.1. The van der Waals surface area contributed by atoms with Crippen molar-refractivity contribution in [1.82, 2.24) is 20.5 Å². The van der Waals surface area contributed by atoms with Crippen molar-refractivity contribution in [2.45, 2.75) is 32.1 Å². The van der Waals surface area contributed by atoms with Gasteiger partial charge in [0.2, 0.25) is 0 Å². The molecule has 0 atom stereocenters. The molecule has 1 fully saturated rings. The highest BCUT2D eigenvalue weighted by Crippen LogP contribution is 2.25. The summed E-state index contributed by atoms with van der Waals surface area (Å²) in [6.45, 7) is 0.786. The van der Waals surface area contributed by atoms with E-state index in [9.17, 15) is 4.79 Å². The highest BCUT2D eigenvalue weighted by Gasteiger charge is 2.16. The van der Waals surface area contributed by atoms with Crippen LogP contribution in [-0.4, -0.2) is 27.6 Å². The minimum Gasteiger partial charge on any atom is -0.351 e. The van der Waals surface area contributed by atoms with Crippen LogP contribution in [0, 0.1) is 5.92 Å². The average Bonchev–Trinajstić information content (AvgIpc) is 3.29. The number of carbonyl (C=O) groups is 1. The van der Waals surface area contributed by atoms with Crippen molar-refractivity contribution in [3.05, 3.63) is 42.4 Å². The molecule has 0 aliphatic heterocycles. The zero-order valence-corrected chi connectivity index (χ0v) is 13.6. The number of nitrogens with zero attached hydrogens (tertiary/aromatic N) is 1. The Balaban J connectivity index is 1.48. The molecule has 3 N–H and O–H groups in total. The van der Waals surface area contributed by atoms with Crippen molar-refractivity contribution in [2.75, 3.05) is 6.54 Å².